The molecule has 2 aliphatic heterocycles. The van der Waals surface area contributed by atoms with Crippen LogP contribution in [0.25, 0.3) is 11.3 Å². The van der Waals surface area contributed by atoms with Gasteiger partial charge in [-0.15, -0.1) is 0 Å². The fraction of sp³-hybridized carbons (Fsp3) is 0.400. The lowest BCUT2D eigenvalue weighted by Crippen LogP contribution is -2.44. The molecular weight excluding hydrogens is 622 g/mol. The largest absolute Gasteiger partial charge is 0.468 e. The van der Waals surface area contributed by atoms with E-state index in [0.717, 1.165) is 85.2 Å². The number of fused-ring (bicyclic) bond motifs is 1. The molecule has 242 valence electrons. The van der Waals surface area contributed by atoms with Crippen LogP contribution >= 0.6 is 11.6 Å². The summed E-state index contributed by atoms with van der Waals surface area (Å²) in [5.74, 6) is 7.40. The Labute approximate surface area is 276 Å². The number of aromatic nitrogens is 2. The Kier molecular flexibility index (Phi) is 10.3. The van der Waals surface area contributed by atoms with Gasteiger partial charge in [0.2, 0.25) is 10.0 Å². The Morgan fingerprint density at radius 3 is 2.67 bits per heavy atom. The molecule has 0 bridgehead atoms. The molecule has 1 fully saturated rings. The number of aryl methyl sites for hydroxylation is 1. The molecule has 11 heteroatoms. The second-order valence-electron chi connectivity index (χ2n) is 12.0. The highest BCUT2D eigenvalue weighted by Crippen LogP contribution is 2.33. The minimum atomic E-state index is -3.34. The molecule has 0 spiro atoms. The van der Waals surface area contributed by atoms with Crippen LogP contribution in [0.5, 0.6) is 0 Å². The number of nitrogens with zero attached hydrogens (tertiary/aromatic N) is 4. The molecule has 2 aromatic heterocycles. The molecule has 4 heterocycles. The number of sulfonamides is 1. The van der Waals surface area contributed by atoms with Crippen LogP contribution in [0, 0.1) is 11.8 Å². The Morgan fingerprint density at radius 2 is 1.91 bits per heavy atom. The summed E-state index contributed by atoms with van der Waals surface area (Å²) in [5.41, 5.74) is 6.45. The first-order valence-corrected chi connectivity index (χ1v) is 18.0. The van der Waals surface area contributed by atoms with Gasteiger partial charge in [-0.3, -0.25) is 9.58 Å². The van der Waals surface area contributed by atoms with Gasteiger partial charge >= 0.3 is 0 Å². The van der Waals surface area contributed by atoms with E-state index in [9.17, 15) is 8.42 Å². The van der Waals surface area contributed by atoms with E-state index in [1.165, 1.54) is 10.6 Å². The normalized spacial score (nSPS) is 17.4. The molecule has 2 aromatic carbocycles. The molecule has 0 aliphatic carbocycles. The number of nitrogens with one attached hydrogen (secondary N) is 1. The van der Waals surface area contributed by atoms with Crippen LogP contribution < -0.4 is 5.32 Å². The van der Waals surface area contributed by atoms with E-state index < -0.39 is 10.0 Å². The summed E-state index contributed by atoms with van der Waals surface area (Å²) in [7, 11) is -3.34. The average molecular weight is 662 g/mol. The topological polar surface area (TPSA) is 92.8 Å². The standard InChI is InChI=1S/C35H40ClN5O4S/c1-26-25-44-20-18-39(26)15-4-16-41-34-14-17-40(46(2,42)43)24-32(34)35(38-41)30-12-13-33(36)29(21-30)11-10-27-6-8-28(9-7-27)22-37-23-31-5-3-19-45-31/h3,5-9,12-13,19,21,26,37H,4,14-18,20,22-25H2,1-2H3/t26-/m0/s1. The molecule has 2 aliphatic rings. The molecule has 1 N–H and O–H groups in total. The van der Waals surface area contributed by atoms with Crippen LogP contribution in [-0.2, 0) is 47.4 Å². The van der Waals surface area contributed by atoms with Crippen molar-refractivity contribution in [2.45, 2.75) is 52.0 Å². The summed E-state index contributed by atoms with van der Waals surface area (Å²) >= 11 is 6.62. The summed E-state index contributed by atoms with van der Waals surface area (Å²) in [6, 6.07) is 18.1. The third-order valence-electron chi connectivity index (χ3n) is 8.63. The number of furan rings is 1. The molecule has 9 nitrogen and oxygen atoms in total. The second-order valence-corrected chi connectivity index (χ2v) is 14.4. The van der Waals surface area contributed by atoms with Crippen LogP contribution in [0.2, 0.25) is 5.02 Å². The Morgan fingerprint density at radius 1 is 1.07 bits per heavy atom. The van der Waals surface area contributed by atoms with Crippen LogP contribution in [-0.4, -0.2) is 72.5 Å². The van der Waals surface area contributed by atoms with Crippen molar-refractivity contribution in [3.63, 3.8) is 0 Å². The van der Waals surface area contributed by atoms with Crippen molar-refractivity contribution in [1.82, 2.24) is 24.3 Å². The third kappa shape index (κ3) is 7.92. The maximum Gasteiger partial charge on any atom is 0.211 e. The van der Waals surface area contributed by atoms with Crippen molar-refractivity contribution >= 4 is 21.6 Å². The van der Waals surface area contributed by atoms with Gasteiger partial charge in [-0.2, -0.15) is 9.40 Å². The van der Waals surface area contributed by atoms with Crippen molar-refractivity contribution in [2.75, 3.05) is 39.1 Å². The Balaban J connectivity index is 1.20. The molecule has 0 radical (unpaired) electrons. The van der Waals surface area contributed by atoms with Crippen molar-refractivity contribution in [3.05, 3.63) is 99.6 Å². The van der Waals surface area contributed by atoms with Crippen molar-refractivity contribution in [1.29, 1.82) is 0 Å². The van der Waals surface area contributed by atoms with Crippen LogP contribution in [0.3, 0.4) is 0 Å². The highest BCUT2D eigenvalue weighted by Gasteiger charge is 2.30. The van der Waals surface area contributed by atoms with Crippen molar-refractivity contribution in [3.8, 4) is 23.1 Å². The van der Waals surface area contributed by atoms with Gasteiger partial charge in [0.15, 0.2) is 0 Å². The first-order chi connectivity index (χ1) is 22.2. The molecule has 1 atom stereocenters. The van der Waals surface area contributed by atoms with Gasteiger partial charge in [-0.1, -0.05) is 41.6 Å². The molecule has 1 saturated heterocycles. The molecule has 0 unspecified atom stereocenters. The van der Waals surface area contributed by atoms with Crippen LogP contribution in [0.4, 0.5) is 0 Å². The number of hydrogen-bond acceptors (Lipinski definition) is 7. The van der Waals surface area contributed by atoms with E-state index in [-0.39, 0.29) is 0 Å². The lowest BCUT2D eigenvalue weighted by atomic mass is 10.0. The number of hydrogen-bond donors (Lipinski definition) is 1. The van der Waals surface area contributed by atoms with Crippen LogP contribution in [0.15, 0.2) is 65.3 Å². The molecule has 46 heavy (non-hydrogen) atoms. The van der Waals surface area contributed by atoms with Crippen molar-refractivity contribution < 1.29 is 17.6 Å². The van der Waals surface area contributed by atoms with Gasteiger partial charge in [0, 0.05) is 79.7 Å². The minimum absolute atomic E-state index is 0.302. The van der Waals surface area contributed by atoms with Gasteiger partial charge in [-0.25, -0.2) is 8.42 Å². The zero-order chi connectivity index (χ0) is 32.1. The van der Waals surface area contributed by atoms with Crippen molar-refractivity contribution in [2.24, 2.45) is 0 Å². The fourth-order valence-corrected chi connectivity index (χ4v) is 6.99. The second kappa shape index (κ2) is 14.6. The summed E-state index contributed by atoms with van der Waals surface area (Å²) in [6.45, 7) is 8.55. The summed E-state index contributed by atoms with van der Waals surface area (Å²) in [4.78, 5) is 2.46. The maximum atomic E-state index is 12.5. The predicted molar refractivity (Wildman–Crippen MR) is 180 cm³/mol. The Hall–Kier alpha value is -3.43. The van der Waals surface area contributed by atoms with Gasteiger partial charge < -0.3 is 14.5 Å². The third-order valence-corrected chi connectivity index (χ3v) is 10.2. The lowest BCUT2D eigenvalue weighted by molar-refractivity contribution is -0.00122. The zero-order valence-corrected chi connectivity index (χ0v) is 27.9. The molecule has 4 aromatic rings. The first kappa shape index (κ1) is 32.5. The molecule has 0 amide bonds. The fourth-order valence-electron chi connectivity index (χ4n) is 6.04. The quantitative estimate of drug-likeness (QED) is 0.242. The average Bonchev–Trinajstić information content (AvgIpc) is 3.70. The first-order valence-electron chi connectivity index (χ1n) is 15.7. The number of morpholine rings is 1. The SMILES string of the molecule is C[C@H]1COCCN1CCCn1nc(-c2ccc(Cl)c(C#Cc3ccc(CNCc4ccco4)cc3)c2)c2c1CCN(S(C)(=O)=O)C2. The summed E-state index contributed by atoms with van der Waals surface area (Å²) < 4.78 is 39.6. The van der Waals surface area contributed by atoms with E-state index in [4.69, 9.17) is 25.9 Å². The molecule has 0 saturated carbocycles. The minimum Gasteiger partial charge on any atom is -0.468 e. The van der Waals surface area contributed by atoms with Crippen LogP contribution in [0.1, 0.15) is 47.1 Å². The molecule has 6 rings (SSSR count). The number of ether oxygens (including phenoxy) is 1. The van der Waals surface area contributed by atoms with E-state index in [2.05, 4.69) is 45.8 Å². The van der Waals surface area contributed by atoms with E-state index in [1.807, 2.05) is 42.5 Å². The Bertz CT molecular complexity index is 1810. The number of halogens is 1. The number of benzene rings is 2. The zero-order valence-electron chi connectivity index (χ0n) is 26.3. The monoisotopic (exact) mass is 661 g/mol. The van der Waals surface area contributed by atoms with Gasteiger partial charge in [-0.05, 0) is 55.3 Å². The van der Waals surface area contributed by atoms with E-state index >= 15 is 0 Å². The smallest absolute Gasteiger partial charge is 0.211 e. The molecular formula is C35H40ClN5O4S. The van der Waals surface area contributed by atoms with Gasteiger partial charge in [0.05, 0.1) is 43.0 Å². The lowest BCUT2D eigenvalue weighted by Gasteiger charge is -2.33. The summed E-state index contributed by atoms with van der Waals surface area (Å²) in [5, 5.41) is 9.00. The van der Waals surface area contributed by atoms with E-state index in [1.54, 1.807) is 6.26 Å². The maximum absolute atomic E-state index is 12.5. The highest BCUT2D eigenvalue weighted by atomic mass is 35.5. The highest BCUT2D eigenvalue weighted by molar-refractivity contribution is 7.88. The summed E-state index contributed by atoms with van der Waals surface area (Å²) in [6.07, 6.45) is 4.52. The van der Waals surface area contributed by atoms with E-state index in [0.29, 0.717) is 42.7 Å². The van der Waals surface area contributed by atoms with Gasteiger partial charge in [0.1, 0.15) is 5.76 Å². The number of rotatable bonds is 10. The van der Waals surface area contributed by atoms with Gasteiger partial charge in [0.25, 0.3) is 0 Å². The predicted octanol–water partition coefficient (Wildman–Crippen LogP) is 4.91.